The Labute approximate surface area is 171 Å². The van der Waals surface area contributed by atoms with Gasteiger partial charge in [0, 0.05) is 24.3 Å². The topological polar surface area (TPSA) is 104 Å². The standard InChI is InChI=1S/C19H13F2N3O5S/c1-29-17(26)10-23-18-14(21)8-12(20)9-15(18)30-19(23)22-16(25)6-5-11-3-2-4-13(7-11)24(27)28/h2-9H,10H2,1H3. The van der Waals surface area contributed by atoms with E-state index in [1.54, 1.807) is 6.07 Å². The third kappa shape index (κ3) is 4.63. The van der Waals surface area contributed by atoms with Crippen molar-refractivity contribution in [3.63, 3.8) is 0 Å². The van der Waals surface area contributed by atoms with Crippen LogP contribution >= 0.6 is 11.3 Å². The Kier molecular flexibility index (Phi) is 6.11. The summed E-state index contributed by atoms with van der Waals surface area (Å²) in [6.45, 7) is -0.431. The number of hydrogen-bond acceptors (Lipinski definition) is 6. The van der Waals surface area contributed by atoms with Gasteiger partial charge in [-0.15, -0.1) is 0 Å². The molecule has 0 N–H and O–H groups in total. The highest BCUT2D eigenvalue weighted by Crippen LogP contribution is 2.22. The zero-order chi connectivity index (χ0) is 21.8. The molecule has 2 aromatic carbocycles. The summed E-state index contributed by atoms with van der Waals surface area (Å²) in [5.74, 6) is -3.19. The number of ether oxygens (including phenoxy) is 1. The van der Waals surface area contributed by atoms with Crippen molar-refractivity contribution in [3.05, 3.63) is 74.6 Å². The number of benzene rings is 2. The van der Waals surface area contributed by atoms with Crippen molar-refractivity contribution in [3.8, 4) is 0 Å². The van der Waals surface area contributed by atoms with Gasteiger partial charge in [-0.25, -0.2) is 8.78 Å². The Balaban J connectivity index is 2.02. The second-order valence-electron chi connectivity index (χ2n) is 5.92. The molecule has 0 unspecified atom stereocenters. The Morgan fingerprint density at radius 1 is 1.30 bits per heavy atom. The maximum atomic E-state index is 14.3. The molecule has 0 atom stereocenters. The lowest BCUT2D eigenvalue weighted by Crippen LogP contribution is -2.22. The third-order valence-corrected chi connectivity index (χ3v) is 4.94. The number of thiazole rings is 1. The lowest BCUT2D eigenvalue weighted by Gasteiger charge is -2.04. The van der Waals surface area contributed by atoms with Crippen molar-refractivity contribution < 1.29 is 28.0 Å². The fourth-order valence-corrected chi connectivity index (χ4v) is 3.67. The van der Waals surface area contributed by atoms with Crippen LogP contribution in [0.25, 0.3) is 16.3 Å². The van der Waals surface area contributed by atoms with Crippen LogP contribution in [0.2, 0.25) is 0 Å². The van der Waals surface area contributed by atoms with Crippen LogP contribution < -0.4 is 4.80 Å². The normalized spacial score (nSPS) is 11.9. The number of rotatable bonds is 5. The molecular formula is C19H13F2N3O5S. The van der Waals surface area contributed by atoms with Gasteiger partial charge in [-0.2, -0.15) is 4.99 Å². The van der Waals surface area contributed by atoms with E-state index in [0.29, 0.717) is 11.6 Å². The van der Waals surface area contributed by atoms with Crippen LogP contribution in [0, 0.1) is 21.7 Å². The van der Waals surface area contributed by atoms with E-state index in [9.17, 15) is 28.5 Å². The number of carbonyl (C=O) groups excluding carboxylic acids is 2. The first kappa shape index (κ1) is 21.0. The molecule has 0 fully saturated rings. The Hall–Kier alpha value is -3.73. The van der Waals surface area contributed by atoms with E-state index in [4.69, 9.17) is 0 Å². The van der Waals surface area contributed by atoms with Crippen LogP contribution in [0.3, 0.4) is 0 Å². The number of fused-ring (bicyclic) bond motifs is 1. The number of hydrogen-bond donors (Lipinski definition) is 0. The van der Waals surface area contributed by atoms with Crippen molar-refractivity contribution in [2.75, 3.05) is 7.11 Å². The SMILES string of the molecule is COC(=O)Cn1c(=NC(=O)C=Cc2cccc([N+](=O)[O-])c2)sc2cc(F)cc(F)c21. The number of amides is 1. The van der Waals surface area contributed by atoms with Gasteiger partial charge >= 0.3 is 5.97 Å². The van der Waals surface area contributed by atoms with Gasteiger partial charge in [-0.05, 0) is 17.7 Å². The van der Waals surface area contributed by atoms with E-state index in [0.717, 1.165) is 35.2 Å². The molecule has 154 valence electrons. The number of carbonyl (C=O) groups is 2. The van der Waals surface area contributed by atoms with Crippen LogP contribution in [0.15, 0.2) is 47.5 Å². The zero-order valence-corrected chi connectivity index (χ0v) is 16.2. The van der Waals surface area contributed by atoms with E-state index >= 15 is 0 Å². The van der Waals surface area contributed by atoms with Crippen LogP contribution in [-0.4, -0.2) is 28.5 Å². The summed E-state index contributed by atoms with van der Waals surface area (Å²) >= 11 is 0.826. The van der Waals surface area contributed by atoms with Crippen LogP contribution in [0.5, 0.6) is 0 Å². The van der Waals surface area contributed by atoms with E-state index in [1.165, 1.54) is 24.3 Å². The van der Waals surface area contributed by atoms with Gasteiger partial charge in [0.15, 0.2) is 10.6 Å². The Morgan fingerprint density at radius 2 is 2.07 bits per heavy atom. The molecule has 0 radical (unpaired) electrons. The average Bonchev–Trinajstić information content (AvgIpc) is 3.03. The molecule has 0 bridgehead atoms. The molecule has 11 heteroatoms. The lowest BCUT2D eigenvalue weighted by molar-refractivity contribution is -0.384. The summed E-state index contributed by atoms with van der Waals surface area (Å²) in [6.07, 6.45) is 2.40. The van der Waals surface area contributed by atoms with Crippen LogP contribution in [-0.2, 0) is 20.9 Å². The summed E-state index contributed by atoms with van der Waals surface area (Å²) in [5, 5.41) is 10.8. The highest BCUT2D eigenvalue weighted by atomic mass is 32.1. The van der Waals surface area contributed by atoms with Gasteiger partial charge in [0.25, 0.3) is 11.6 Å². The molecule has 0 aliphatic heterocycles. The summed E-state index contributed by atoms with van der Waals surface area (Å²) in [6, 6.07) is 7.34. The van der Waals surface area contributed by atoms with E-state index in [-0.39, 0.29) is 20.7 Å². The highest BCUT2D eigenvalue weighted by molar-refractivity contribution is 7.16. The monoisotopic (exact) mass is 433 g/mol. The molecule has 8 nitrogen and oxygen atoms in total. The minimum absolute atomic E-state index is 0.0337. The van der Waals surface area contributed by atoms with Gasteiger partial charge in [-0.3, -0.25) is 19.7 Å². The second-order valence-corrected chi connectivity index (χ2v) is 6.93. The van der Waals surface area contributed by atoms with Gasteiger partial charge in [-0.1, -0.05) is 23.5 Å². The molecule has 0 aliphatic rings. The predicted molar refractivity (Wildman–Crippen MR) is 104 cm³/mol. The molecule has 1 heterocycles. The van der Waals surface area contributed by atoms with E-state index in [1.807, 2.05) is 0 Å². The summed E-state index contributed by atoms with van der Waals surface area (Å²) in [4.78, 5) is 38.0. The van der Waals surface area contributed by atoms with Crippen molar-refractivity contribution in [1.29, 1.82) is 0 Å². The molecule has 0 saturated heterocycles. The molecule has 1 amide bonds. The maximum Gasteiger partial charge on any atom is 0.325 e. The van der Waals surface area contributed by atoms with Crippen LogP contribution in [0.4, 0.5) is 14.5 Å². The number of non-ortho nitro benzene ring substituents is 1. The minimum atomic E-state index is -0.911. The third-order valence-electron chi connectivity index (χ3n) is 3.92. The maximum absolute atomic E-state index is 14.3. The summed E-state index contributed by atoms with van der Waals surface area (Å²) in [7, 11) is 1.15. The molecule has 0 spiro atoms. The fourth-order valence-electron chi connectivity index (χ4n) is 2.60. The summed E-state index contributed by atoms with van der Waals surface area (Å²) < 4.78 is 33.7. The number of methoxy groups -OCH3 is 1. The summed E-state index contributed by atoms with van der Waals surface area (Å²) in [5.41, 5.74) is 0.181. The van der Waals surface area contributed by atoms with Crippen molar-refractivity contribution in [2.45, 2.75) is 6.54 Å². The number of nitro groups is 1. The van der Waals surface area contributed by atoms with Gasteiger partial charge in [0.1, 0.15) is 12.4 Å². The number of halogens is 2. The molecule has 3 aromatic rings. The van der Waals surface area contributed by atoms with E-state index in [2.05, 4.69) is 9.73 Å². The molecular weight excluding hydrogens is 420 g/mol. The lowest BCUT2D eigenvalue weighted by atomic mass is 10.2. The van der Waals surface area contributed by atoms with Gasteiger partial charge in [0.2, 0.25) is 0 Å². The minimum Gasteiger partial charge on any atom is -0.468 e. The molecule has 1 aromatic heterocycles. The second kappa shape index (κ2) is 8.74. The molecule has 0 aliphatic carbocycles. The largest absolute Gasteiger partial charge is 0.468 e. The van der Waals surface area contributed by atoms with Gasteiger partial charge in [0.05, 0.1) is 22.2 Å². The number of nitrogens with zero attached hydrogens (tertiary/aromatic N) is 3. The number of esters is 1. The zero-order valence-electron chi connectivity index (χ0n) is 15.4. The molecule has 3 rings (SSSR count). The first-order valence-corrected chi connectivity index (χ1v) is 9.16. The number of aromatic nitrogens is 1. The van der Waals surface area contributed by atoms with Crippen molar-refractivity contribution >= 4 is 45.2 Å². The smallest absolute Gasteiger partial charge is 0.325 e. The predicted octanol–water partition coefficient (Wildman–Crippen LogP) is 3.20. The van der Waals surface area contributed by atoms with Gasteiger partial charge < -0.3 is 9.30 Å². The van der Waals surface area contributed by atoms with Crippen LogP contribution in [0.1, 0.15) is 5.56 Å². The average molecular weight is 433 g/mol. The van der Waals surface area contributed by atoms with Crippen molar-refractivity contribution in [1.82, 2.24) is 4.57 Å². The van der Waals surface area contributed by atoms with E-state index < -0.39 is 35.0 Å². The Bertz CT molecular complexity index is 1260. The van der Waals surface area contributed by atoms with Crippen molar-refractivity contribution in [2.24, 2.45) is 4.99 Å². The first-order chi connectivity index (χ1) is 14.3. The Morgan fingerprint density at radius 3 is 2.77 bits per heavy atom. The fraction of sp³-hybridized carbons (Fsp3) is 0.105. The molecule has 0 saturated carbocycles. The highest BCUT2D eigenvalue weighted by Gasteiger charge is 2.16. The molecule has 30 heavy (non-hydrogen) atoms. The first-order valence-electron chi connectivity index (χ1n) is 8.35. The number of nitro benzene ring substituents is 1. The quantitative estimate of drug-likeness (QED) is 0.266.